The molecule has 0 saturated heterocycles. The first-order chi connectivity index (χ1) is 13.9. The first-order valence-electron chi connectivity index (χ1n) is 8.57. The number of thioether (sulfide) groups is 1. The third-order valence-electron chi connectivity index (χ3n) is 4.08. The molecule has 0 aliphatic carbocycles. The van der Waals surface area contributed by atoms with Crippen LogP contribution in [0.2, 0.25) is 5.02 Å². The first-order valence-corrected chi connectivity index (χ1v) is 9.94. The van der Waals surface area contributed by atoms with Gasteiger partial charge in [-0.2, -0.15) is 0 Å². The first kappa shape index (κ1) is 20.8. The lowest BCUT2D eigenvalue weighted by atomic mass is 10.1. The second kappa shape index (κ2) is 9.06. The van der Waals surface area contributed by atoms with E-state index in [1.54, 1.807) is 29.8 Å². The van der Waals surface area contributed by atoms with Crippen molar-refractivity contribution in [1.82, 2.24) is 14.8 Å². The summed E-state index contributed by atoms with van der Waals surface area (Å²) in [6.45, 7) is 1.83. The maximum absolute atomic E-state index is 12.4. The van der Waals surface area contributed by atoms with Gasteiger partial charge < -0.3 is 9.30 Å². The minimum absolute atomic E-state index is 0.0763. The van der Waals surface area contributed by atoms with E-state index < -0.39 is 11.0 Å². The molecule has 1 heterocycles. The molecule has 0 amide bonds. The Morgan fingerprint density at radius 1 is 1.28 bits per heavy atom. The number of aromatic nitrogens is 3. The Morgan fingerprint density at radius 2 is 2.03 bits per heavy atom. The van der Waals surface area contributed by atoms with Gasteiger partial charge in [-0.3, -0.25) is 14.9 Å². The number of hydrogen-bond donors (Lipinski definition) is 0. The van der Waals surface area contributed by atoms with Crippen LogP contribution in [0.4, 0.5) is 5.69 Å². The largest absolute Gasteiger partial charge is 0.481 e. The number of non-ortho nitro benzene ring substituents is 1. The number of ether oxygens (including phenoxy) is 1. The number of benzene rings is 2. The van der Waals surface area contributed by atoms with E-state index in [2.05, 4.69) is 10.2 Å². The molecule has 0 saturated carbocycles. The molecule has 2 aromatic carbocycles. The third-order valence-corrected chi connectivity index (χ3v) is 5.42. The lowest BCUT2D eigenvalue weighted by Crippen LogP contribution is -2.10. The van der Waals surface area contributed by atoms with Crippen LogP contribution in [0.15, 0.2) is 53.7 Å². The van der Waals surface area contributed by atoms with Gasteiger partial charge in [0.25, 0.3) is 5.69 Å². The third kappa shape index (κ3) is 4.93. The Hall–Kier alpha value is -2.91. The molecule has 150 valence electrons. The van der Waals surface area contributed by atoms with Crippen molar-refractivity contribution < 1.29 is 14.5 Å². The number of Topliss-reactive ketones (excluding diaryl/α,β-unsaturated/α-hetero) is 1. The molecular weight excluding hydrogens is 416 g/mol. The number of nitrogens with zero attached hydrogens (tertiary/aromatic N) is 4. The highest BCUT2D eigenvalue weighted by atomic mass is 35.5. The van der Waals surface area contributed by atoms with Crippen molar-refractivity contribution in [3.8, 4) is 5.75 Å². The van der Waals surface area contributed by atoms with Crippen LogP contribution in [0.3, 0.4) is 0 Å². The van der Waals surface area contributed by atoms with Crippen molar-refractivity contribution in [1.29, 1.82) is 0 Å². The van der Waals surface area contributed by atoms with Gasteiger partial charge in [-0.15, -0.1) is 10.2 Å². The molecule has 0 radical (unpaired) electrons. The van der Waals surface area contributed by atoms with Gasteiger partial charge >= 0.3 is 0 Å². The van der Waals surface area contributed by atoms with Gasteiger partial charge in [0, 0.05) is 24.7 Å². The molecule has 0 spiro atoms. The van der Waals surface area contributed by atoms with Crippen molar-refractivity contribution in [3.05, 3.63) is 75.1 Å². The van der Waals surface area contributed by atoms with Gasteiger partial charge in [0.2, 0.25) is 0 Å². The number of carbonyl (C=O) groups excluding carboxylic acids is 1. The lowest BCUT2D eigenvalue weighted by Gasteiger charge is -2.15. The highest BCUT2D eigenvalue weighted by molar-refractivity contribution is 7.99. The van der Waals surface area contributed by atoms with E-state index in [-0.39, 0.29) is 22.8 Å². The fraction of sp³-hybridized carbons (Fsp3) is 0.211. The van der Waals surface area contributed by atoms with Crippen molar-refractivity contribution in [3.63, 3.8) is 0 Å². The average molecular weight is 433 g/mol. The van der Waals surface area contributed by atoms with Gasteiger partial charge in [-0.1, -0.05) is 47.6 Å². The molecule has 0 fully saturated rings. The Morgan fingerprint density at radius 3 is 2.76 bits per heavy atom. The Balaban J connectivity index is 1.66. The maximum Gasteiger partial charge on any atom is 0.270 e. The number of carbonyl (C=O) groups is 1. The number of para-hydroxylation sites is 1. The molecule has 1 atom stereocenters. The SMILES string of the molecule is CC(Oc1ccccc1Cl)c1nnc(SCC(=O)c2cccc([N+](=O)[O-])c2)n1C. The van der Waals surface area contributed by atoms with Crippen LogP contribution in [0.5, 0.6) is 5.75 Å². The van der Waals surface area contributed by atoms with Gasteiger partial charge in [0.15, 0.2) is 22.9 Å². The van der Waals surface area contributed by atoms with Crippen LogP contribution >= 0.6 is 23.4 Å². The molecule has 0 N–H and O–H groups in total. The lowest BCUT2D eigenvalue weighted by molar-refractivity contribution is -0.384. The van der Waals surface area contributed by atoms with E-state index in [0.717, 1.165) is 0 Å². The minimum atomic E-state index is -0.529. The Labute approximate surface area is 176 Å². The second-order valence-electron chi connectivity index (χ2n) is 6.11. The summed E-state index contributed by atoms with van der Waals surface area (Å²) >= 11 is 7.32. The predicted molar refractivity (Wildman–Crippen MR) is 110 cm³/mol. The normalized spacial score (nSPS) is 11.8. The molecule has 8 nitrogen and oxygen atoms in total. The average Bonchev–Trinajstić information content (AvgIpc) is 3.08. The van der Waals surface area contributed by atoms with Gasteiger partial charge in [0.1, 0.15) is 5.75 Å². The number of ketones is 1. The number of nitro benzene ring substituents is 1. The quantitative estimate of drug-likeness (QED) is 0.223. The van der Waals surface area contributed by atoms with Crippen molar-refractivity contribution >= 4 is 34.8 Å². The summed E-state index contributed by atoms with van der Waals surface area (Å²) in [6, 6.07) is 12.8. The zero-order valence-electron chi connectivity index (χ0n) is 15.6. The van der Waals surface area contributed by atoms with Crippen molar-refractivity contribution in [2.75, 3.05) is 5.75 Å². The Bertz CT molecular complexity index is 1060. The molecule has 29 heavy (non-hydrogen) atoms. The highest BCUT2D eigenvalue weighted by Gasteiger charge is 2.19. The van der Waals surface area contributed by atoms with Gasteiger partial charge in [-0.05, 0) is 19.1 Å². The molecule has 0 aliphatic heterocycles. The summed E-state index contributed by atoms with van der Waals surface area (Å²) in [4.78, 5) is 22.7. The van der Waals surface area contributed by atoms with E-state index in [4.69, 9.17) is 16.3 Å². The zero-order valence-corrected chi connectivity index (χ0v) is 17.2. The van der Waals surface area contributed by atoms with Gasteiger partial charge in [-0.25, -0.2) is 0 Å². The van der Waals surface area contributed by atoms with Crippen molar-refractivity contribution in [2.24, 2.45) is 7.05 Å². The summed E-state index contributed by atoms with van der Waals surface area (Å²) in [5.74, 6) is 0.964. The molecule has 1 unspecified atom stereocenters. The molecule has 0 aliphatic rings. The minimum Gasteiger partial charge on any atom is -0.481 e. The van der Waals surface area contributed by atoms with Crippen LogP contribution in [0.25, 0.3) is 0 Å². The molecule has 10 heteroatoms. The second-order valence-corrected chi connectivity index (χ2v) is 7.46. The number of rotatable bonds is 8. The summed E-state index contributed by atoms with van der Waals surface area (Å²) in [5, 5.41) is 20.2. The zero-order chi connectivity index (χ0) is 21.0. The maximum atomic E-state index is 12.4. The standard InChI is InChI=1S/C19H17ClN4O4S/c1-12(28-17-9-4-3-8-15(17)20)18-21-22-19(23(18)2)29-11-16(25)13-6-5-7-14(10-13)24(26)27/h3-10,12H,11H2,1-2H3. The monoisotopic (exact) mass is 432 g/mol. The van der Waals surface area contributed by atoms with E-state index in [1.165, 1.54) is 30.0 Å². The fourth-order valence-electron chi connectivity index (χ4n) is 2.60. The van der Waals surface area contributed by atoms with Gasteiger partial charge in [0.05, 0.1) is 15.7 Å². The summed E-state index contributed by atoms with van der Waals surface area (Å²) in [5.41, 5.74) is 0.164. The van der Waals surface area contributed by atoms with Crippen LogP contribution in [-0.2, 0) is 7.05 Å². The predicted octanol–water partition coefficient (Wildman–Crippen LogP) is 4.49. The highest BCUT2D eigenvalue weighted by Crippen LogP contribution is 2.29. The number of halogens is 1. The van der Waals surface area contributed by atoms with E-state index in [0.29, 0.717) is 21.8 Å². The van der Waals surface area contributed by atoms with E-state index >= 15 is 0 Å². The van der Waals surface area contributed by atoms with E-state index in [1.807, 2.05) is 19.1 Å². The molecule has 0 bridgehead atoms. The van der Waals surface area contributed by atoms with Crippen LogP contribution in [0.1, 0.15) is 29.2 Å². The number of hydrogen-bond acceptors (Lipinski definition) is 7. The fourth-order valence-corrected chi connectivity index (χ4v) is 3.59. The topological polar surface area (TPSA) is 100 Å². The summed E-state index contributed by atoms with van der Waals surface area (Å²) < 4.78 is 7.60. The van der Waals surface area contributed by atoms with Crippen LogP contribution < -0.4 is 4.74 Å². The van der Waals surface area contributed by atoms with Crippen molar-refractivity contribution in [2.45, 2.75) is 18.2 Å². The smallest absolute Gasteiger partial charge is 0.270 e. The summed E-state index contributed by atoms with van der Waals surface area (Å²) in [6.07, 6.45) is -0.408. The van der Waals surface area contributed by atoms with E-state index in [9.17, 15) is 14.9 Å². The Kier molecular flexibility index (Phi) is 6.50. The molecule has 3 aromatic rings. The summed E-state index contributed by atoms with van der Waals surface area (Å²) in [7, 11) is 1.78. The van der Waals surface area contributed by atoms with Crippen LogP contribution in [0, 0.1) is 10.1 Å². The van der Waals surface area contributed by atoms with Crippen LogP contribution in [-0.4, -0.2) is 31.2 Å². The molecule has 1 aromatic heterocycles. The molecular formula is C19H17ClN4O4S. The molecule has 3 rings (SSSR count). The number of nitro groups is 1.